The Kier molecular flexibility index (Phi) is 4.29. The summed E-state index contributed by atoms with van der Waals surface area (Å²) in [7, 11) is 0. The van der Waals surface area contributed by atoms with Gasteiger partial charge in [-0.05, 0) is 34.0 Å². The smallest absolute Gasteiger partial charge is 0.768 e. The zero-order chi connectivity index (χ0) is 9.26. The fourth-order valence-electron chi connectivity index (χ4n) is 1.27. The van der Waals surface area contributed by atoms with Gasteiger partial charge in [0.25, 0.3) is 0 Å². The van der Waals surface area contributed by atoms with Gasteiger partial charge in [0.2, 0.25) is 0 Å². The molecular weight excluding hydrogens is 207 g/mol. The molecule has 1 atom stereocenters. The summed E-state index contributed by atoms with van der Waals surface area (Å²) in [4.78, 5) is 0.332. The standard InChI is InChI=1S/C10H8O2S.Na/c11-13(12)10-6-5-8-3-1-2-4-9(8)7-10;/h1-7H,(H,11,12);/q;+1/p-1. The molecule has 66 valence electrons. The van der Waals surface area contributed by atoms with Crippen molar-refractivity contribution >= 4 is 21.9 Å². The molecule has 0 fully saturated rings. The van der Waals surface area contributed by atoms with Crippen LogP contribution in [-0.4, -0.2) is 8.76 Å². The Hall–Kier alpha value is -0.190. The molecule has 0 aromatic heterocycles. The quantitative estimate of drug-likeness (QED) is 0.455. The first-order valence-electron chi connectivity index (χ1n) is 3.85. The molecule has 0 bridgehead atoms. The van der Waals surface area contributed by atoms with Crippen LogP contribution in [0.5, 0.6) is 0 Å². The number of fused-ring (bicyclic) bond motifs is 1. The van der Waals surface area contributed by atoms with E-state index < -0.39 is 11.1 Å². The molecule has 2 aromatic rings. The number of hydrogen-bond donors (Lipinski definition) is 0. The van der Waals surface area contributed by atoms with Crippen molar-refractivity contribution in [2.45, 2.75) is 4.90 Å². The summed E-state index contributed by atoms with van der Waals surface area (Å²) in [5, 5.41) is 2.00. The van der Waals surface area contributed by atoms with E-state index in [9.17, 15) is 8.76 Å². The molecule has 14 heavy (non-hydrogen) atoms. The van der Waals surface area contributed by atoms with Gasteiger partial charge in [0.15, 0.2) is 0 Å². The molecule has 0 aliphatic carbocycles. The minimum absolute atomic E-state index is 0. The van der Waals surface area contributed by atoms with Gasteiger partial charge in [-0.3, -0.25) is 4.21 Å². The van der Waals surface area contributed by atoms with E-state index in [1.54, 1.807) is 18.2 Å². The van der Waals surface area contributed by atoms with Crippen molar-refractivity contribution in [1.82, 2.24) is 0 Å². The van der Waals surface area contributed by atoms with Gasteiger partial charge in [-0.2, -0.15) is 0 Å². The van der Waals surface area contributed by atoms with E-state index in [1.165, 1.54) is 0 Å². The molecule has 0 N–H and O–H groups in total. The van der Waals surface area contributed by atoms with Crippen LogP contribution in [0.1, 0.15) is 0 Å². The van der Waals surface area contributed by atoms with Crippen LogP contribution in [0.4, 0.5) is 0 Å². The molecule has 1 unspecified atom stereocenters. The molecule has 0 spiro atoms. The van der Waals surface area contributed by atoms with E-state index in [1.807, 2.05) is 24.3 Å². The topological polar surface area (TPSA) is 40.1 Å². The van der Waals surface area contributed by atoms with Crippen LogP contribution in [0.3, 0.4) is 0 Å². The van der Waals surface area contributed by atoms with Gasteiger partial charge in [0, 0.05) is 4.90 Å². The van der Waals surface area contributed by atoms with E-state index >= 15 is 0 Å². The van der Waals surface area contributed by atoms with Gasteiger partial charge in [0.05, 0.1) is 0 Å². The summed E-state index contributed by atoms with van der Waals surface area (Å²) in [6, 6.07) is 12.7. The minimum Gasteiger partial charge on any atom is -0.768 e. The molecule has 0 saturated carbocycles. The Morgan fingerprint density at radius 2 is 1.64 bits per heavy atom. The molecule has 0 saturated heterocycles. The van der Waals surface area contributed by atoms with Crippen LogP contribution >= 0.6 is 0 Å². The van der Waals surface area contributed by atoms with Crippen LogP contribution in [0, 0.1) is 0 Å². The molecule has 0 aliphatic heterocycles. The third-order valence-corrected chi connectivity index (χ3v) is 2.55. The van der Waals surface area contributed by atoms with Crippen molar-refractivity contribution in [2.24, 2.45) is 0 Å². The number of hydrogen-bond acceptors (Lipinski definition) is 2. The van der Waals surface area contributed by atoms with E-state index in [4.69, 9.17) is 0 Å². The fraction of sp³-hybridized carbons (Fsp3) is 0. The van der Waals surface area contributed by atoms with Crippen molar-refractivity contribution < 1.29 is 38.3 Å². The Bertz CT molecular complexity index is 470. The summed E-state index contributed by atoms with van der Waals surface area (Å²) in [5.74, 6) is 0. The van der Waals surface area contributed by atoms with Crippen LogP contribution in [0.25, 0.3) is 10.8 Å². The Labute approximate surface area is 107 Å². The molecule has 0 heterocycles. The fourth-order valence-corrected chi connectivity index (χ4v) is 1.67. The third kappa shape index (κ3) is 2.43. The Morgan fingerprint density at radius 1 is 1.00 bits per heavy atom. The number of rotatable bonds is 1. The molecule has 2 aromatic carbocycles. The van der Waals surface area contributed by atoms with E-state index in [2.05, 4.69) is 0 Å². The van der Waals surface area contributed by atoms with Crippen LogP contribution in [0.15, 0.2) is 47.4 Å². The maximum atomic E-state index is 10.6. The molecule has 0 radical (unpaired) electrons. The summed E-state index contributed by atoms with van der Waals surface area (Å²) in [6.45, 7) is 0. The first kappa shape index (κ1) is 11.9. The van der Waals surface area contributed by atoms with Crippen molar-refractivity contribution in [3.8, 4) is 0 Å². The van der Waals surface area contributed by atoms with Gasteiger partial charge in [-0.15, -0.1) is 0 Å². The molecular formula is C10H7NaO2S. The number of benzene rings is 2. The van der Waals surface area contributed by atoms with Crippen molar-refractivity contribution in [3.63, 3.8) is 0 Å². The predicted molar refractivity (Wildman–Crippen MR) is 51.1 cm³/mol. The van der Waals surface area contributed by atoms with Crippen molar-refractivity contribution in [1.29, 1.82) is 0 Å². The summed E-state index contributed by atoms with van der Waals surface area (Å²) >= 11 is -2.13. The van der Waals surface area contributed by atoms with Crippen molar-refractivity contribution in [2.75, 3.05) is 0 Å². The maximum Gasteiger partial charge on any atom is 1.00 e. The van der Waals surface area contributed by atoms with E-state index in [-0.39, 0.29) is 29.6 Å². The Balaban J connectivity index is 0.000000980. The SMILES string of the molecule is O=S([O-])c1ccc2ccccc2c1.[Na+]. The molecule has 0 aliphatic rings. The predicted octanol–water partition coefficient (Wildman–Crippen LogP) is -0.918. The van der Waals surface area contributed by atoms with Gasteiger partial charge in [-0.1, -0.05) is 30.3 Å². The van der Waals surface area contributed by atoms with Crippen LogP contribution in [-0.2, 0) is 11.1 Å². The molecule has 2 nitrogen and oxygen atoms in total. The molecule has 0 amide bonds. The Morgan fingerprint density at radius 3 is 2.29 bits per heavy atom. The average molecular weight is 214 g/mol. The van der Waals surface area contributed by atoms with Gasteiger partial charge >= 0.3 is 29.6 Å². The monoisotopic (exact) mass is 214 g/mol. The third-order valence-electron chi connectivity index (χ3n) is 1.91. The van der Waals surface area contributed by atoms with Crippen molar-refractivity contribution in [3.05, 3.63) is 42.5 Å². The van der Waals surface area contributed by atoms with Gasteiger partial charge in [0.1, 0.15) is 0 Å². The summed E-state index contributed by atoms with van der Waals surface area (Å²) in [5.41, 5.74) is 0. The summed E-state index contributed by atoms with van der Waals surface area (Å²) in [6.07, 6.45) is 0. The van der Waals surface area contributed by atoms with Crippen LogP contribution < -0.4 is 29.6 Å². The zero-order valence-electron chi connectivity index (χ0n) is 7.77. The second-order valence-corrected chi connectivity index (χ2v) is 3.68. The molecule has 4 heteroatoms. The van der Waals surface area contributed by atoms with Crippen LogP contribution in [0.2, 0.25) is 0 Å². The minimum atomic E-state index is -2.13. The normalized spacial score (nSPS) is 12.1. The van der Waals surface area contributed by atoms with Gasteiger partial charge < -0.3 is 4.55 Å². The van der Waals surface area contributed by atoms with E-state index in [0.717, 1.165) is 10.8 Å². The van der Waals surface area contributed by atoms with Gasteiger partial charge in [-0.25, -0.2) is 0 Å². The summed E-state index contributed by atoms with van der Waals surface area (Å²) < 4.78 is 21.3. The second kappa shape index (κ2) is 5.05. The zero-order valence-corrected chi connectivity index (χ0v) is 10.6. The van der Waals surface area contributed by atoms with E-state index in [0.29, 0.717) is 4.90 Å². The average Bonchev–Trinajstić information content (AvgIpc) is 2.17. The first-order valence-corrected chi connectivity index (χ1v) is 4.93. The first-order chi connectivity index (χ1) is 6.27. The largest absolute Gasteiger partial charge is 1.00 e. The molecule has 2 rings (SSSR count). The maximum absolute atomic E-state index is 10.6. The second-order valence-electron chi connectivity index (χ2n) is 2.74.